The van der Waals surface area contributed by atoms with Gasteiger partial charge in [-0.25, -0.2) is 4.57 Å². The van der Waals surface area contributed by atoms with Crippen molar-refractivity contribution in [3.8, 4) is 5.75 Å². The first-order chi connectivity index (χ1) is 13.0. The maximum atomic E-state index is 6.25. The molecule has 134 valence electrons. The lowest BCUT2D eigenvalue weighted by molar-refractivity contribution is -0.671. The summed E-state index contributed by atoms with van der Waals surface area (Å²) < 4.78 is 8.32. The van der Waals surface area contributed by atoms with Gasteiger partial charge in [0, 0.05) is 22.8 Å². The van der Waals surface area contributed by atoms with Crippen LogP contribution in [-0.4, -0.2) is 0 Å². The van der Waals surface area contributed by atoms with Crippen LogP contribution in [0, 0.1) is 20.8 Å². The molecule has 0 spiro atoms. The lowest BCUT2D eigenvalue weighted by atomic mass is 9.95. The van der Waals surface area contributed by atoms with Gasteiger partial charge in [-0.1, -0.05) is 41.5 Å². The smallest absolute Gasteiger partial charge is 0.172 e. The van der Waals surface area contributed by atoms with Crippen molar-refractivity contribution < 1.29 is 9.30 Å². The minimum atomic E-state index is 0.886. The quantitative estimate of drug-likeness (QED) is 0.561. The second-order valence-electron chi connectivity index (χ2n) is 7.32. The average molecular weight is 354 g/mol. The lowest BCUT2D eigenvalue weighted by Crippen LogP contribution is -2.26. The summed E-state index contributed by atoms with van der Waals surface area (Å²) >= 11 is 0. The number of nitrogens with zero attached hydrogens (tertiary/aromatic N) is 1. The van der Waals surface area contributed by atoms with Crippen molar-refractivity contribution >= 4 is 17.4 Å². The van der Waals surface area contributed by atoms with E-state index in [1.807, 2.05) is 7.05 Å². The van der Waals surface area contributed by atoms with Crippen molar-refractivity contribution in [3.05, 3.63) is 100 Å². The van der Waals surface area contributed by atoms with Crippen molar-refractivity contribution in [2.24, 2.45) is 7.05 Å². The minimum Gasteiger partial charge on any atom is -0.456 e. The van der Waals surface area contributed by atoms with Crippen LogP contribution < -0.4 is 9.30 Å². The maximum absolute atomic E-state index is 6.25. The Morgan fingerprint density at radius 1 is 0.889 bits per heavy atom. The summed E-state index contributed by atoms with van der Waals surface area (Å²) in [4.78, 5) is 0. The Labute approximate surface area is 161 Å². The van der Waals surface area contributed by atoms with E-state index in [0.29, 0.717) is 0 Å². The highest BCUT2D eigenvalue weighted by atomic mass is 16.5. The molecule has 0 aliphatic carbocycles. The monoisotopic (exact) mass is 354 g/mol. The Morgan fingerprint density at radius 3 is 2.37 bits per heavy atom. The van der Waals surface area contributed by atoms with Crippen molar-refractivity contribution in [1.82, 2.24) is 0 Å². The molecule has 0 radical (unpaired) electrons. The van der Waals surface area contributed by atoms with Crippen LogP contribution in [0.4, 0.5) is 0 Å². The molecule has 2 aromatic carbocycles. The van der Waals surface area contributed by atoms with Crippen molar-refractivity contribution in [1.29, 1.82) is 0 Å². The molecule has 0 bridgehead atoms. The number of rotatable bonds is 2. The van der Waals surface area contributed by atoms with E-state index in [2.05, 4.69) is 98.4 Å². The van der Waals surface area contributed by atoms with Crippen LogP contribution in [0.1, 0.15) is 33.4 Å². The van der Waals surface area contributed by atoms with Crippen LogP contribution in [-0.2, 0) is 7.05 Å². The fourth-order valence-electron chi connectivity index (χ4n) is 3.39. The number of pyridine rings is 1. The zero-order valence-corrected chi connectivity index (χ0v) is 16.3. The first kappa shape index (κ1) is 17.3. The van der Waals surface area contributed by atoms with Crippen molar-refractivity contribution in [3.63, 3.8) is 0 Å². The van der Waals surface area contributed by atoms with Gasteiger partial charge in [-0.3, -0.25) is 0 Å². The number of ether oxygens (including phenoxy) is 1. The molecule has 1 aromatic heterocycles. The zero-order chi connectivity index (χ0) is 19.0. The first-order valence-corrected chi connectivity index (χ1v) is 9.25. The molecule has 0 saturated carbocycles. The van der Waals surface area contributed by atoms with E-state index in [1.54, 1.807) is 0 Å². The molecule has 2 heterocycles. The fraction of sp³-hybridized carbons (Fsp3) is 0.160. The zero-order valence-electron chi connectivity index (χ0n) is 16.3. The number of hydrogen-bond donors (Lipinski definition) is 0. The van der Waals surface area contributed by atoms with Crippen LogP contribution in [0.5, 0.6) is 5.75 Å². The Kier molecular flexibility index (Phi) is 4.41. The molecule has 27 heavy (non-hydrogen) atoms. The highest BCUT2D eigenvalue weighted by molar-refractivity contribution is 5.96. The standard InChI is InChI=1S/C25H24NO/c1-17-5-8-20(9-6-17)25-15-22(14-21-11-12-26(4)16-19(21)3)23-13-18(2)7-10-24(23)27-25/h5-16H,1-4H3/q+1. The summed E-state index contributed by atoms with van der Waals surface area (Å²) in [5, 5.41) is 0. The molecule has 2 nitrogen and oxygen atoms in total. The second kappa shape index (κ2) is 6.88. The molecule has 0 N–H and O–H groups in total. The normalized spacial score (nSPS) is 14.5. The van der Waals surface area contributed by atoms with Crippen LogP contribution in [0.3, 0.4) is 0 Å². The molecular weight excluding hydrogens is 330 g/mol. The molecule has 1 aliphatic heterocycles. The summed E-state index contributed by atoms with van der Waals surface area (Å²) in [6, 6.07) is 17.0. The van der Waals surface area contributed by atoms with Gasteiger partial charge in [0.05, 0.1) is 0 Å². The predicted molar refractivity (Wildman–Crippen MR) is 111 cm³/mol. The molecule has 0 saturated heterocycles. The van der Waals surface area contributed by atoms with Gasteiger partial charge in [0.1, 0.15) is 18.6 Å². The summed E-state index contributed by atoms with van der Waals surface area (Å²) in [6.45, 7) is 6.36. The van der Waals surface area contributed by atoms with Crippen LogP contribution in [0.2, 0.25) is 0 Å². The van der Waals surface area contributed by atoms with Crippen molar-refractivity contribution in [2.75, 3.05) is 0 Å². The molecule has 2 heteroatoms. The summed E-state index contributed by atoms with van der Waals surface area (Å²) in [7, 11) is 2.05. The van der Waals surface area contributed by atoms with E-state index < -0.39 is 0 Å². The molecular formula is C25H24NO+. The van der Waals surface area contributed by atoms with Gasteiger partial charge in [0.15, 0.2) is 12.4 Å². The molecule has 0 unspecified atom stereocenters. The van der Waals surface area contributed by atoms with E-state index in [9.17, 15) is 0 Å². The molecule has 3 aromatic rings. The van der Waals surface area contributed by atoms with E-state index in [1.165, 1.54) is 27.8 Å². The van der Waals surface area contributed by atoms with E-state index in [-0.39, 0.29) is 0 Å². The lowest BCUT2D eigenvalue weighted by Gasteiger charge is -2.21. The Morgan fingerprint density at radius 2 is 1.63 bits per heavy atom. The Bertz CT molecular complexity index is 1070. The van der Waals surface area contributed by atoms with Gasteiger partial charge in [-0.05, 0) is 56.2 Å². The Hall–Kier alpha value is -3.13. The summed E-state index contributed by atoms with van der Waals surface area (Å²) in [6.07, 6.45) is 8.64. The first-order valence-electron chi connectivity index (χ1n) is 9.25. The molecule has 4 rings (SSSR count). The SMILES string of the molecule is Cc1ccc(C2=CC(=Cc3cc[n+](C)cc3C)c3cc(C)ccc3O2)cc1. The van der Waals surface area contributed by atoms with Crippen LogP contribution in [0.25, 0.3) is 17.4 Å². The predicted octanol–water partition coefficient (Wildman–Crippen LogP) is 5.41. The molecule has 1 aliphatic rings. The highest BCUT2D eigenvalue weighted by Crippen LogP contribution is 2.38. The van der Waals surface area contributed by atoms with E-state index in [4.69, 9.17) is 4.74 Å². The van der Waals surface area contributed by atoms with Crippen molar-refractivity contribution in [2.45, 2.75) is 20.8 Å². The number of hydrogen-bond acceptors (Lipinski definition) is 1. The number of aryl methyl sites for hydroxylation is 4. The summed E-state index contributed by atoms with van der Waals surface area (Å²) in [5.74, 6) is 1.79. The van der Waals surface area contributed by atoms with Crippen LogP contribution in [0.15, 0.2) is 67.0 Å². The van der Waals surface area contributed by atoms with Gasteiger partial charge >= 0.3 is 0 Å². The third kappa shape index (κ3) is 3.56. The van der Waals surface area contributed by atoms with Gasteiger partial charge in [0.25, 0.3) is 0 Å². The fourth-order valence-corrected chi connectivity index (χ4v) is 3.39. The number of fused-ring (bicyclic) bond motifs is 1. The van der Waals surface area contributed by atoms with Gasteiger partial charge < -0.3 is 4.74 Å². The van der Waals surface area contributed by atoms with Gasteiger partial charge in [-0.15, -0.1) is 0 Å². The van der Waals surface area contributed by atoms with Gasteiger partial charge in [0.2, 0.25) is 0 Å². The number of aromatic nitrogens is 1. The average Bonchev–Trinajstić information content (AvgIpc) is 2.65. The van der Waals surface area contributed by atoms with E-state index in [0.717, 1.165) is 22.6 Å². The van der Waals surface area contributed by atoms with Crippen LogP contribution >= 0.6 is 0 Å². The second-order valence-corrected chi connectivity index (χ2v) is 7.32. The molecule has 0 fully saturated rings. The third-order valence-electron chi connectivity index (χ3n) is 4.94. The number of benzene rings is 2. The number of allylic oxidation sites excluding steroid dienone is 2. The van der Waals surface area contributed by atoms with E-state index >= 15 is 0 Å². The minimum absolute atomic E-state index is 0.886. The maximum Gasteiger partial charge on any atom is 0.172 e. The molecule has 0 amide bonds. The van der Waals surface area contributed by atoms with Gasteiger partial charge in [-0.2, -0.15) is 0 Å². The largest absolute Gasteiger partial charge is 0.456 e. The Balaban J connectivity index is 1.87. The topological polar surface area (TPSA) is 13.1 Å². The third-order valence-corrected chi connectivity index (χ3v) is 4.94. The summed E-state index contributed by atoms with van der Waals surface area (Å²) in [5.41, 5.74) is 8.34. The molecule has 0 atom stereocenters. The highest BCUT2D eigenvalue weighted by Gasteiger charge is 2.18.